The first-order chi connectivity index (χ1) is 9.73. The van der Waals surface area contributed by atoms with Crippen LogP contribution in [0.3, 0.4) is 0 Å². The zero-order valence-electron chi connectivity index (χ0n) is 10.3. The van der Waals surface area contributed by atoms with Crippen molar-refractivity contribution in [1.29, 1.82) is 0 Å². The molecule has 1 heterocycles. The largest absolute Gasteiger partial charge is 0.480 e. The van der Waals surface area contributed by atoms with Gasteiger partial charge in [0.15, 0.2) is 23.3 Å². The monoisotopic (exact) mass is 307 g/mol. The molecule has 1 amide bonds. The molecule has 21 heavy (non-hydrogen) atoms. The topological polar surface area (TPSA) is 77.8 Å². The standard InChI is InChI=1S/C12H9F4NO4/c13-6-2-5(8(14)10(16)9(6)15)11(19)17-3-4(18)1-7(17)12(20)21/h2,4,7,18H,1,3H2,(H,20,21). The van der Waals surface area contributed by atoms with Gasteiger partial charge in [0.1, 0.15) is 6.04 Å². The van der Waals surface area contributed by atoms with Crippen molar-refractivity contribution in [3.05, 3.63) is 34.9 Å². The van der Waals surface area contributed by atoms with Gasteiger partial charge in [-0.25, -0.2) is 22.4 Å². The van der Waals surface area contributed by atoms with Gasteiger partial charge in [0.05, 0.1) is 11.7 Å². The average Bonchev–Trinajstić information content (AvgIpc) is 2.82. The molecule has 1 aromatic rings. The van der Waals surface area contributed by atoms with Gasteiger partial charge in [-0.2, -0.15) is 0 Å². The summed E-state index contributed by atoms with van der Waals surface area (Å²) in [4.78, 5) is 23.5. The van der Waals surface area contributed by atoms with Crippen LogP contribution in [0.4, 0.5) is 17.6 Å². The van der Waals surface area contributed by atoms with E-state index in [2.05, 4.69) is 0 Å². The van der Waals surface area contributed by atoms with E-state index in [-0.39, 0.29) is 12.5 Å². The number of hydrogen-bond acceptors (Lipinski definition) is 3. The maximum absolute atomic E-state index is 13.5. The minimum absolute atomic E-state index is 0.152. The first kappa shape index (κ1) is 15.2. The lowest BCUT2D eigenvalue weighted by Gasteiger charge is -2.21. The van der Waals surface area contributed by atoms with Crippen LogP contribution in [0.2, 0.25) is 0 Å². The molecule has 0 radical (unpaired) electrons. The molecule has 5 nitrogen and oxygen atoms in total. The number of halogens is 4. The second kappa shape index (κ2) is 5.32. The summed E-state index contributed by atoms with van der Waals surface area (Å²) in [6.45, 7) is -0.435. The quantitative estimate of drug-likeness (QED) is 0.483. The van der Waals surface area contributed by atoms with Gasteiger partial charge >= 0.3 is 5.97 Å². The molecule has 0 aliphatic carbocycles. The third-order valence-electron chi connectivity index (χ3n) is 3.16. The molecule has 1 fully saturated rings. The summed E-state index contributed by atoms with van der Waals surface area (Å²) in [6.07, 6.45) is -1.46. The number of carbonyl (C=O) groups is 2. The van der Waals surface area contributed by atoms with E-state index in [4.69, 9.17) is 5.11 Å². The van der Waals surface area contributed by atoms with Crippen LogP contribution >= 0.6 is 0 Å². The molecule has 0 saturated carbocycles. The molecule has 9 heteroatoms. The predicted octanol–water partition coefficient (Wildman–Crippen LogP) is 0.903. The van der Waals surface area contributed by atoms with Crippen LogP contribution in [-0.4, -0.2) is 45.7 Å². The number of aliphatic hydroxyl groups excluding tert-OH is 1. The third kappa shape index (κ3) is 2.56. The molecular weight excluding hydrogens is 298 g/mol. The van der Waals surface area contributed by atoms with E-state index in [1.165, 1.54) is 0 Å². The van der Waals surface area contributed by atoms with Gasteiger partial charge in [-0.1, -0.05) is 0 Å². The molecule has 1 aromatic carbocycles. The molecule has 0 aromatic heterocycles. The number of hydrogen-bond donors (Lipinski definition) is 2. The first-order valence-corrected chi connectivity index (χ1v) is 5.78. The van der Waals surface area contributed by atoms with Gasteiger partial charge in [0, 0.05) is 13.0 Å². The second-order valence-electron chi connectivity index (χ2n) is 4.55. The van der Waals surface area contributed by atoms with Crippen LogP contribution in [0.25, 0.3) is 0 Å². The Balaban J connectivity index is 2.43. The molecule has 1 aliphatic heterocycles. The van der Waals surface area contributed by atoms with Gasteiger partial charge in [-0.05, 0) is 6.07 Å². The van der Waals surface area contributed by atoms with E-state index in [1.54, 1.807) is 0 Å². The SMILES string of the molecule is O=C(O)C1CC(O)CN1C(=O)c1cc(F)c(F)c(F)c1F. The van der Waals surface area contributed by atoms with Crippen molar-refractivity contribution in [2.24, 2.45) is 0 Å². The van der Waals surface area contributed by atoms with Crippen molar-refractivity contribution >= 4 is 11.9 Å². The summed E-state index contributed by atoms with van der Waals surface area (Å²) >= 11 is 0. The molecule has 1 aliphatic rings. The van der Waals surface area contributed by atoms with Gasteiger partial charge in [-0.3, -0.25) is 4.79 Å². The average molecular weight is 307 g/mol. The Kier molecular flexibility index (Phi) is 3.86. The van der Waals surface area contributed by atoms with Gasteiger partial charge in [0.25, 0.3) is 5.91 Å². The molecule has 0 spiro atoms. The zero-order chi connectivity index (χ0) is 15.9. The fraction of sp³-hybridized carbons (Fsp3) is 0.333. The number of aliphatic carboxylic acids is 1. The van der Waals surface area contributed by atoms with Crippen LogP contribution in [-0.2, 0) is 4.79 Å². The normalized spacial score (nSPS) is 21.7. The minimum Gasteiger partial charge on any atom is -0.480 e. The molecular formula is C12H9F4NO4. The number of carbonyl (C=O) groups excluding carboxylic acids is 1. The lowest BCUT2D eigenvalue weighted by Crippen LogP contribution is -2.41. The highest BCUT2D eigenvalue weighted by Crippen LogP contribution is 2.25. The minimum atomic E-state index is -2.16. The van der Waals surface area contributed by atoms with Crippen molar-refractivity contribution in [3.63, 3.8) is 0 Å². The van der Waals surface area contributed by atoms with Crippen molar-refractivity contribution in [2.75, 3.05) is 6.54 Å². The van der Waals surface area contributed by atoms with Crippen LogP contribution in [0.15, 0.2) is 6.07 Å². The van der Waals surface area contributed by atoms with Crippen LogP contribution in [0, 0.1) is 23.3 Å². The van der Waals surface area contributed by atoms with E-state index in [0.29, 0.717) is 4.90 Å². The lowest BCUT2D eigenvalue weighted by atomic mass is 10.1. The number of aliphatic hydroxyl groups is 1. The van der Waals surface area contributed by atoms with Crippen molar-refractivity contribution in [3.8, 4) is 0 Å². The number of rotatable bonds is 2. The van der Waals surface area contributed by atoms with Crippen molar-refractivity contribution < 1.29 is 37.4 Å². The number of benzene rings is 1. The number of carboxylic acid groups (broad SMARTS) is 1. The Bertz CT molecular complexity index is 622. The first-order valence-electron chi connectivity index (χ1n) is 5.78. The predicted molar refractivity (Wildman–Crippen MR) is 59.4 cm³/mol. The molecule has 2 rings (SSSR count). The zero-order valence-corrected chi connectivity index (χ0v) is 10.3. The van der Waals surface area contributed by atoms with Crippen LogP contribution in [0.5, 0.6) is 0 Å². The van der Waals surface area contributed by atoms with E-state index in [9.17, 15) is 32.3 Å². The lowest BCUT2D eigenvalue weighted by molar-refractivity contribution is -0.141. The Labute approximate surface area is 115 Å². The third-order valence-corrected chi connectivity index (χ3v) is 3.16. The highest BCUT2D eigenvalue weighted by molar-refractivity contribution is 5.97. The second-order valence-corrected chi connectivity index (χ2v) is 4.55. The summed E-state index contributed by atoms with van der Waals surface area (Å²) in [5.74, 6) is -10.7. The summed E-state index contributed by atoms with van der Waals surface area (Å²) < 4.78 is 52.5. The number of β-amino-alcohol motifs (C(OH)–C–C–N with tert-alkyl or cyclic N) is 1. The highest BCUT2D eigenvalue weighted by Gasteiger charge is 2.40. The van der Waals surface area contributed by atoms with Crippen LogP contribution in [0.1, 0.15) is 16.8 Å². The number of nitrogens with zero attached hydrogens (tertiary/aromatic N) is 1. The van der Waals surface area contributed by atoms with Crippen molar-refractivity contribution in [2.45, 2.75) is 18.6 Å². The summed E-state index contributed by atoms with van der Waals surface area (Å²) in [5.41, 5.74) is -1.13. The summed E-state index contributed by atoms with van der Waals surface area (Å²) in [7, 11) is 0. The Hall–Kier alpha value is -2.16. The Morgan fingerprint density at radius 1 is 1.14 bits per heavy atom. The van der Waals surface area contributed by atoms with E-state index in [1.807, 2.05) is 0 Å². The molecule has 2 unspecified atom stereocenters. The van der Waals surface area contributed by atoms with E-state index >= 15 is 0 Å². The fourth-order valence-electron chi connectivity index (χ4n) is 2.16. The number of carboxylic acids is 1. The smallest absolute Gasteiger partial charge is 0.326 e. The van der Waals surface area contributed by atoms with E-state index < -0.39 is 59.4 Å². The van der Waals surface area contributed by atoms with Gasteiger partial charge < -0.3 is 15.1 Å². The maximum Gasteiger partial charge on any atom is 0.326 e. The molecule has 2 atom stereocenters. The molecule has 1 saturated heterocycles. The highest BCUT2D eigenvalue weighted by atomic mass is 19.2. The van der Waals surface area contributed by atoms with Gasteiger partial charge in [0.2, 0.25) is 0 Å². The van der Waals surface area contributed by atoms with Crippen LogP contribution < -0.4 is 0 Å². The molecule has 114 valence electrons. The van der Waals surface area contributed by atoms with E-state index in [0.717, 1.165) is 0 Å². The number of likely N-dealkylation sites (tertiary alicyclic amines) is 1. The fourth-order valence-corrected chi connectivity index (χ4v) is 2.16. The van der Waals surface area contributed by atoms with Crippen molar-refractivity contribution in [1.82, 2.24) is 4.90 Å². The Morgan fingerprint density at radius 3 is 2.33 bits per heavy atom. The maximum atomic E-state index is 13.5. The van der Waals surface area contributed by atoms with Gasteiger partial charge in [-0.15, -0.1) is 0 Å². The summed E-state index contributed by atoms with van der Waals surface area (Å²) in [6, 6.07) is -1.30. The number of amides is 1. The summed E-state index contributed by atoms with van der Waals surface area (Å²) in [5, 5.41) is 18.3. The molecule has 0 bridgehead atoms. The molecule has 2 N–H and O–H groups in total. The Morgan fingerprint density at radius 2 is 1.76 bits per heavy atom.